The highest BCUT2D eigenvalue weighted by molar-refractivity contribution is 5.79. The van der Waals surface area contributed by atoms with Crippen LogP contribution in [-0.4, -0.2) is 20.3 Å². The Kier molecular flexibility index (Phi) is 3.29. The summed E-state index contributed by atoms with van der Waals surface area (Å²) in [6.45, 7) is -0.566. The van der Waals surface area contributed by atoms with E-state index >= 15 is 0 Å². The lowest BCUT2D eigenvalue weighted by molar-refractivity contribution is -0.122. The summed E-state index contributed by atoms with van der Waals surface area (Å²) in [4.78, 5) is 24.8. The minimum atomic E-state index is -2.16. The van der Waals surface area contributed by atoms with Crippen LogP contribution in [0.1, 0.15) is 28.2 Å². The van der Waals surface area contributed by atoms with Crippen molar-refractivity contribution in [3.63, 3.8) is 0 Å². The highest BCUT2D eigenvalue weighted by Crippen LogP contribution is 2.13. The first-order valence-corrected chi connectivity index (χ1v) is 7.58. The molecule has 3 aromatic rings. The Hall–Kier alpha value is -2.89. The van der Waals surface area contributed by atoms with Crippen molar-refractivity contribution >= 4 is 16.8 Å². The lowest BCUT2D eigenvalue weighted by Gasteiger charge is -2.15. The van der Waals surface area contributed by atoms with E-state index in [4.69, 9.17) is 4.11 Å². The second kappa shape index (κ2) is 6.31. The van der Waals surface area contributed by atoms with Crippen LogP contribution in [0.5, 0.6) is 0 Å². The molecule has 24 heavy (non-hydrogen) atoms. The highest BCUT2D eigenvalue weighted by atomic mass is 16.2. The number of fused-ring (bicyclic) bond motifs is 1. The van der Waals surface area contributed by atoms with Gasteiger partial charge in [0.1, 0.15) is 12.1 Å². The second-order valence-electron chi connectivity index (χ2n) is 5.75. The van der Waals surface area contributed by atoms with E-state index in [1.807, 2.05) is 0 Å². The molecule has 6 nitrogen and oxygen atoms in total. The Morgan fingerprint density at radius 1 is 1.33 bits per heavy atom. The molecule has 2 aromatic heterocycles. The van der Waals surface area contributed by atoms with Gasteiger partial charge in [-0.05, 0) is 25.4 Å². The van der Waals surface area contributed by atoms with Crippen molar-refractivity contribution in [2.24, 2.45) is 7.05 Å². The maximum absolute atomic E-state index is 12.5. The fourth-order valence-corrected chi connectivity index (χ4v) is 2.63. The highest BCUT2D eigenvalue weighted by Gasteiger charge is 2.13. The second-order valence-corrected chi connectivity index (χ2v) is 5.75. The quantitative estimate of drug-likeness (QED) is 0.796. The number of hydrogen-bond donors (Lipinski definition) is 1. The molecule has 0 saturated carbocycles. The molecule has 0 aliphatic heterocycles. The Labute approximate surface area is 143 Å². The van der Waals surface area contributed by atoms with Gasteiger partial charge in [-0.25, -0.2) is 4.68 Å². The van der Waals surface area contributed by atoms with E-state index in [1.54, 1.807) is 49.1 Å². The van der Waals surface area contributed by atoms with Crippen LogP contribution in [0.2, 0.25) is 0 Å². The van der Waals surface area contributed by atoms with Crippen molar-refractivity contribution in [3.8, 4) is 0 Å². The van der Waals surface area contributed by atoms with Crippen molar-refractivity contribution in [2.75, 3.05) is 0 Å². The molecule has 1 N–H and O–H groups in total. The molecular weight excluding hydrogens is 304 g/mol. The van der Waals surface area contributed by atoms with Crippen LogP contribution < -0.4 is 10.9 Å². The summed E-state index contributed by atoms with van der Waals surface area (Å²) in [6.07, 6.45) is 3.32. The summed E-state index contributed by atoms with van der Waals surface area (Å²) in [5, 5.41) is 7.57. The van der Waals surface area contributed by atoms with Crippen molar-refractivity contribution in [1.29, 1.82) is 0 Å². The zero-order valence-electron chi connectivity index (χ0n) is 16.5. The molecule has 0 aliphatic rings. The van der Waals surface area contributed by atoms with Gasteiger partial charge in [0, 0.05) is 22.7 Å². The van der Waals surface area contributed by atoms with Crippen molar-refractivity contribution in [3.05, 3.63) is 64.2 Å². The van der Waals surface area contributed by atoms with E-state index < -0.39 is 6.85 Å². The first-order chi connectivity index (χ1) is 12.7. The molecule has 3 rings (SSSR count). The predicted molar refractivity (Wildman–Crippen MR) is 92.7 cm³/mol. The van der Waals surface area contributed by atoms with E-state index in [9.17, 15) is 9.59 Å². The number of carbonyl (C=O) groups is 1. The molecule has 6 heteroatoms. The van der Waals surface area contributed by atoms with Gasteiger partial charge >= 0.3 is 0 Å². The van der Waals surface area contributed by atoms with Crippen LogP contribution in [-0.2, 0) is 18.4 Å². The predicted octanol–water partition coefficient (Wildman–Crippen LogP) is 1.92. The van der Waals surface area contributed by atoms with Gasteiger partial charge in [-0.15, -0.1) is 0 Å². The number of hydrogen-bond acceptors (Lipinski definition) is 3. The molecule has 0 radical (unpaired) electrons. The first kappa shape index (κ1) is 12.5. The summed E-state index contributed by atoms with van der Waals surface area (Å²) < 4.78 is 25.0. The molecule has 0 fully saturated rings. The molecule has 2 heterocycles. The van der Waals surface area contributed by atoms with Gasteiger partial charge in [-0.2, -0.15) is 5.10 Å². The van der Waals surface area contributed by atoms with Crippen molar-refractivity contribution in [1.82, 2.24) is 19.7 Å². The van der Waals surface area contributed by atoms with E-state index in [0.717, 1.165) is 15.6 Å². The molecule has 0 unspecified atom stereocenters. The minimum Gasteiger partial charge on any atom is -0.348 e. The number of benzene rings is 1. The van der Waals surface area contributed by atoms with Crippen LogP contribution in [0.15, 0.2) is 47.5 Å². The number of nitrogens with one attached hydrogen (secondary N) is 1. The van der Waals surface area contributed by atoms with E-state index in [0.29, 0.717) is 5.52 Å². The van der Waals surface area contributed by atoms with Gasteiger partial charge < -0.3 is 9.88 Å². The molecule has 0 aliphatic carbocycles. The molecule has 0 spiro atoms. The first-order valence-electron chi connectivity index (χ1n) is 9.08. The summed E-state index contributed by atoms with van der Waals surface area (Å²) in [5.74, 6) is -0.356. The third-order valence-electron chi connectivity index (χ3n) is 3.96. The van der Waals surface area contributed by atoms with E-state index in [2.05, 4.69) is 10.4 Å². The van der Waals surface area contributed by atoms with Gasteiger partial charge in [-0.3, -0.25) is 9.59 Å². The molecule has 0 saturated heterocycles. The van der Waals surface area contributed by atoms with Crippen molar-refractivity contribution < 1.29 is 8.91 Å². The average molecular weight is 327 g/mol. The van der Waals surface area contributed by atoms with E-state index in [1.165, 1.54) is 12.1 Å². The summed E-state index contributed by atoms with van der Waals surface area (Å²) in [5.41, 5.74) is 1.18. The largest absolute Gasteiger partial charge is 0.348 e. The lowest BCUT2D eigenvalue weighted by Crippen LogP contribution is -2.35. The summed E-state index contributed by atoms with van der Waals surface area (Å²) in [7, 11) is 1.76. The summed E-state index contributed by atoms with van der Waals surface area (Å²) >= 11 is 0. The molecule has 124 valence electrons. The Bertz CT molecular complexity index is 1040. The van der Waals surface area contributed by atoms with Gasteiger partial charge in [0.25, 0.3) is 5.56 Å². The van der Waals surface area contributed by atoms with Crippen molar-refractivity contribution in [2.45, 2.75) is 26.4 Å². The molecule has 1 atom stereocenters. The summed E-state index contributed by atoms with van der Waals surface area (Å²) in [6, 6.07) is 7.86. The van der Waals surface area contributed by atoms with Crippen LogP contribution in [0.3, 0.4) is 0 Å². The Morgan fingerprint density at radius 3 is 2.79 bits per heavy atom. The third-order valence-corrected chi connectivity index (χ3v) is 3.96. The minimum absolute atomic E-state index is 0.197. The average Bonchev–Trinajstić information content (AvgIpc) is 2.98. The zero-order valence-corrected chi connectivity index (χ0v) is 13.5. The Morgan fingerprint density at radius 2 is 2.08 bits per heavy atom. The normalized spacial score (nSPS) is 14.7. The van der Waals surface area contributed by atoms with Crippen LogP contribution >= 0.6 is 0 Å². The lowest BCUT2D eigenvalue weighted by atomic mass is 10.1. The third kappa shape index (κ3) is 3.08. The van der Waals surface area contributed by atoms with Crippen LogP contribution in [0.4, 0.5) is 0 Å². The molecule has 0 bridgehead atoms. The smallest absolute Gasteiger partial charge is 0.291 e. The van der Waals surface area contributed by atoms with Crippen LogP contribution in [0.25, 0.3) is 10.9 Å². The standard InChI is InChI=1S/C18H20N4O2/c1-12-4-6-14(7-5-12)13(2)20-16(23)11-22-18(24)17-15(10-19-22)8-9-21(17)3/h4-10,13H,11H2,1-3H3,(H,20,23)/t13-/m0/s1/i1D3. The van der Waals surface area contributed by atoms with Gasteiger partial charge in [0.15, 0.2) is 0 Å². The monoisotopic (exact) mass is 327 g/mol. The van der Waals surface area contributed by atoms with Gasteiger partial charge in [-0.1, -0.05) is 29.8 Å². The number of amides is 1. The topological polar surface area (TPSA) is 68.9 Å². The zero-order chi connectivity index (χ0) is 19.8. The van der Waals surface area contributed by atoms with E-state index in [-0.39, 0.29) is 29.6 Å². The SMILES string of the molecule is [2H]C([2H])([2H])c1ccc([C@H](C)NC(=O)Cn2ncc3ccn(C)c3c2=O)cc1. The maximum Gasteiger partial charge on any atom is 0.291 e. The molecule has 1 amide bonds. The number of nitrogens with zero attached hydrogens (tertiary/aromatic N) is 3. The molecular formula is C18H20N4O2. The number of carbonyl (C=O) groups excluding carboxylic acids is 1. The van der Waals surface area contributed by atoms with Gasteiger partial charge in [0.2, 0.25) is 5.91 Å². The fraction of sp³-hybridized carbons (Fsp3) is 0.278. The number of aryl methyl sites for hydroxylation is 2. The number of rotatable bonds is 4. The fourth-order valence-electron chi connectivity index (χ4n) is 2.63. The maximum atomic E-state index is 12.5. The Balaban J connectivity index is 1.71. The van der Waals surface area contributed by atoms with Crippen LogP contribution in [0, 0.1) is 6.85 Å². The number of aromatic nitrogens is 3. The molecule has 1 aromatic carbocycles. The van der Waals surface area contributed by atoms with Gasteiger partial charge in [0.05, 0.1) is 12.2 Å².